The second kappa shape index (κ2) is 9.35. The minimum absolute atomic E-state index is 0. The minimum Gasteiger partial charge on any atom is -0.497 e. The highest BCUT2D eigenvalue weighted by atomic mass is 35.5. The van der Waals surface area contributed by atoms with E-state index in [2.05, 4.69) is 5.32 Å². The molecule has 0 unspecified atom stereocenters. The average Bonchev–Trinajstić information content (AvgIpc) is 2.41. The Kier molecular flexibility index (Phi) is 9.04. The number of hydrogen-bond acceptors (Lipinski definition) is 3. The summed E-state index contributed by atoms with van der Waals surface area (Å²) in [4.78, 5) is 1.62. The van der Waals surface area contributed by atoms with Gasteiger partial charge in [-0.1, -0.05) is 6.07 Å². The maximum atomic E-state index is 13.9. The number of hydrogen-bond donors (Lipinski definition) is 1. The van der Waals surface area contributed by atoms with E-state index in [0.717, 1.165) is 6.07 Å². The van der Waals surface area contributed by atoms with Gasteiger partial charge in [0, 0.05) is 37.8 Å². The Bertz CT molecular complexity index is 432. The van der Waals surface area contributed by atoms with Crippen molar-refractivity contribution in [2.75, 3.05) is 33.3 Å². The largest absolute Gasteiger partial charge is 0.497 e. The van der Waals surface area contributed by atoms with Gasteiger partial charge in [-0.05, 0) is 6.07 Å². The van der Waals surface area contributed by atoms with Crippen molar-refractivity contribution in [3.63, 3.8) is 0 Å². The Morgan fingerprint density at radius 1 is 1.19 bits per heavy atom. The third kappa shape index (κ3) is 4.92. The van der Waals surface area contributed by atoms with Gasteiger partial charge in [-0.15, -0.1) is 24.8 Å². The third-order valence-electron chi connectivity index (χ3n) is 3.31. The van der Waals surface area contributed by atoms with Crippen LogP contribution in [0.3, 0.4) is 0 Å². The number of halogens is 5. The summed E-state index contributed by atoms with van der Waals surface area (Å²) in [7, 11) is 1.41. The maximum absolute atomic E-state index is 13.9. The van der Waals surface area contributed by atoms with Gasteiger partial charge < -0.3 is 10.1 Å². The summed E-state index contributed by atoms with van der Waals surface area (Å²) in [5.74, 6) is -0.322. The van der Waals surface area contributed by atoms with Gasteiger partial charge in [-0.2, -0.15) is 0 Å². The van der Waals surface area contributed by atoms with E-state index in [-0.39, 0.29) is 30.4 Å². The first kappa shape index (κ1) is 20.3. The van der Waals surface area contributed by atoms with Crippen LogP contribution in [0.1, 0.15) is 11.6 Å². The van der Waals surface area contributed by atoms with Crippen molar-refractivity contribution >= 4 is 24.8 Å². The van der Waals surface area contributed by atoms with Crippen LogP contribution in [-0.4, -0.2) is 44.6 Å². The van der Waals surface area contributed by atoms with Crippen LogP contribution in [0.25, 0.3) is 0 Å². The number of methoxy groups -OCH3 is 1. The van der Waals surface area contributed by atoms with Crippen molar-refractivity contribution < 1.29 is 17.9 Å². The molecule has 1 aliphatic rings. The van der Waals surface area contributed by atoms with Crippen molar-refractivity contribution in [2.24, 2.45) is 0 Å². The van der Waals surface area contributed by atoms with E-state index in [1.54, 1.807) is 4.90 Å². The first-order valence-corrected chi connectivity index (χ1v) is 6.20. The van der Waals surface area contributed by atoms with Crippen LogP contribution in [-0.2, 0) is 0 Å². The number of nitrogens with zero attached hydrogens (tertiary/aromatic N) is 1. The zero-order valence-electron chi connectivity index (χ0n) is 11.5. The molecule has 0 aliphatic carbocycles. The monoisotopic (exact) mass is 346 g/mol. The fourth-order valence-corrected chi connectivity index (χ4v) is 2.33. The van der Waals surface area contributed by atoms with Gasteiger partial charge >= 0.3 is 0 Å². The zero-order chi connectivity index (χ0) is 13.8. The van der Waals surface area contributed by atoms with Crippen molar-refractivity contribution in [1.82, 2.24) is 10.2 Å². The molecule has 2 rings (SSSR count). The molecular formula is C13H19Cl2F3N2O. The fraction of sp³-hybridized carbons (Fsp3) is 0.538. The fourth-order valence-electron chi connectivity index (χ4n) is 2.33. The Hall–Kier alpha value is -0.690. The highest BCUT2D eigenvalue weighted by Gasteiger charge is 2.32. The molecule has 8 heteroatoms. The Morgan fingerprint density at radius 3 is 2.29 bits per heavy atom. The smallest absolute Gasteiger partial charge is 0.258 e. The number of alkyl halides is 2. The van der Waals surface area contributed by atoms with E-state index in [1.807, 2.05) is 0 Å². The minimum atomic E-state index is -2.62. The van der Waals surface area contributed by atoms with Gasteiger partial charge in [0.05, 0.1) is 13.2 Å². The van der Waals surface area contributed by atoms with Crippen LogP contribution >= 0.6 is 24.8 Å². The SMILES string of the molecule is COc1ccc([C@H](C(F)F)N2CCNCC2)c(F)c1.Cl.Cl. The lowest BCUT2D eigenvalue weighted by Gasteiger charge is -2.34. The zero-order valence-corrected chi connectivity index (χ0v) is 13.2. The second-order valence-electron chi connectivity index (χ2n) is 4.45. The van der Waals surface area contributed by atoms with Crippen molar-refractivity contribution in [2.45, 2.75) is 12.5 Å². The molecule has 3 nitrogen and oxygen atoms in total. The molecule has 0 radical (unpaired) electrons. The molecule has 1 heterocycles. The molecule has 1 saturated heterocycles. The molecule has 1 atom stereocenters. The van der Waals surface area contributed by atoms with Crippen LogP contribution in [0.4, 0.5) is 13.2 Å². The summed E-state index contributed by atoms with van der Waals surface area (Å²) >= 11 is 0. The quantitative estimate of drug-likeness (QED) is 0.907. The van der Waals surface area contributed by atoms with Crippen molar-refractivity contribution in [3.8, 4) is 5.75 Å². The highest BCUT2D eigenvalue weighted by molar-refractivity contribution is 5.85. The number of ether oxygens (including phenoxy) is 1. The van der Waals surface area contributed by atoms with Gasteiger partial charge in [0.15, 0.2) is 0 Å². The van der Waals surface area contributed by atoms with Gasteiger partial charge in [0.25, 0.3) is 6.43 Å². The van der Waals surface area contributed by atoms with Crippen LogP contribution in [0.2, 0.25) is 0 Å². The molecule has 1 aromatic rings. The predicted octanol–water partition coefficient (Wildman–Crippen LogP) is 2.89. The summed E-state index contributed by atoms with van der Waals surface area (Å²) < 4.78 is 45.4. The summed E-state index contributed by atoms with van der Waals surface area (Å²) in [5, 5.41) is 3.09. The van der Waals surface area contributed by atoms with E-state index in [1.165, 1.54) is 19.2 Å². The van der Waals surface area contributed by atoms with Crippen molar-refractivity contribution in [1.29, 1.82) is 0 Å². The van der Waals surface area contributed by atoms with Gasteiger partial charge in [-0.3, -0.25) is 4.90 Å². The summed E-state index contributed by atoms with van der Waals surface area (Å²) in [5.41, 5.74) is 0.0256. The Balaban J connectivity index is 0.00000200. The lowest BCUT2D eigenvalue weighted by Crippen LogP contribution is -2.47. The molecule has 1 fully saturated rings. The first-order valence-electron chi connectivity index (χ1n) is 6.20. The highest BCUT2D eigenvalue weighted by Crippen LogP contribution is 2.31. The number of nitrogens with one attached hydrogen (secondary N) is 1. The Labute approximate surface area is 134 Å². The molecule has 0 bridgehead atoms. The molecule has 1 N–H and O–H groups in total. The lowest BCUT2D eigenvalue weighted by atomic mass is 10.0. The summed E-state index contributed by atoms with van der Waals surface area (Å²) in [6, 6.07) is 2.84. The van der Waals surface area contributed by atoms with Crippen molar-refractivity contribution in [3.05, 3.63) is 29.6 Å². The van der Waals surface area contributed by atoms with E-state index in [9.17, 15) is 13.2 Å². The molecular weight excluding hydrogens is 328 g/mol. The molecule has 0 amide bonds. The second-order valence-corrected chi connectivity index (χ2v) is 4.45. The third-order valence-corrected chi connectivity index (χ3v) is 3.31. The van der Waals surface area contributed by atoms with Gasteiger partial charge in [-0.25, -0.2) is 13.2 Å². The molecule has 1 aliphatic heterocycles. The van der Waals surface area contributed by atoms with E-state index < -0.39 is 18.3 Å². The Morgan fingerprint density at radius 2 is 1.81 bits per heavy atom. The lowest BCUT2D eigenvalue weighted by molar-refractivity contribution is 0.0164. The molecule has 0 spiro atoms. The van der Waals surface area contributed by atoms with E-state index in [4.69, 9.17) is 4.74 Å². The van der Waals surface area contributed by atoms with Gasteiger partial charge in [0.2, 0.25) is 0 Å². The van der Waals surface area contributed by atoms with E-state index in [0.29, 0.717) is 31.9 Å². The molecule has 21 heavy (non-hydrogen) atoms. The summed E-state index contributed by atoms with van der Waals surface area (Å²) in [6.45, 7) is 2.25. The predicted molar refractivity (Wildman–Crippen MR) is 80.6 cm³/mol. The molecule has 0 saturated carbocycles. The van der Waals surface area contributed by atoms with Gasteiger partial charge in [0.1, 0.15) is 11.6 Å². The number of benzene rings is 1. The van der Waals surface area contributed by atoms with E-state index >= 15 is 0 Å². The number of rotatable bonds is 4. The average molecular weight is 347 g/mol. The topological polar surface area (TPSA) is 24.5 Å². The van der Waals surface area contributed by atoms with Crippen LogP contribution in [0.15, 0.2) is 18.2 Å². The molecule has 0 aromatic heterocycles. The standard InChI is InChI=1S/C13H17F3N2O.2ClH/c1-19-9-2-3-10(11(14)8-9)12(13(15)16)18-6-4-17-5-7-18;;/h2-3,8,12-13,17H,4-7H2,1H3;2*1H/t12-;;/m1../s1. The van der Waals surface area contributed by atoms with Crippen LogP contribution < -0.4 is 10.1 Å². The normalized spacial score (nSPS) is 16.8. The molecule has 122 valence electrons. The maximum Gasteiger partial charge on any atom is 0.258 e. The van der Waals surface area contributed by atoms with Crippen LogP contribution in [0.5, 0.6) is 5.75 Å². The first-order chi connectivity index (χ1) is 9.13. The summed E-state index contributed by atoms with van der Waals surface area (Å²) in [6.07, 6.45) is -2.62. The number of piperazine rings is 1. The molecule has 1 aromatic carbocycles. The van der Waals surface area contributed by atoms with Crippen LogP contribution in [0, 0.1) is 5.82 Å².